The number of aromatic nitrogens is 3. The second kappa shape index (κ2) is 9.32. The number of amides is 1. The van der Waals surface area contributed by atoms with Crippen LogP contribution in [0.5, 0.6) is 11.5 Å². The lowest BCUT2D eigenvalue weighted by atomic mass is 10.1. The molecule has 33 heavy (non-hydrogen) atoms. The van der Waals surface area contributed by atoms with Crippen LogP contribution in [-0.2, 0) is 6.42 Å². The molecule has 170 valence electrons. The molecule has 2 aromatic heterocycles. The Morgan fingerprint density at radius 2 is 1.76 bits per heavy atom. The Bertz CT molecular complexity index is 1310. The highest BCUT2D eigenvalue weighted by Crippen LogP contribution is 2.26. The van der Waals surface area contributed by atoms with E-state index >= 15 is 0 Å². The van der Waals surface area contributed by atoms with Crippen LogP contribution in [0.15, 0.2) is 48.5 Å². The molecule has 0 aliphatic heterocycles. The number of rotatable bonds is 7. The third-order valence-electron chi connectivity index (χ3n) is 5.64. The largest absolute Gasteiger partial charge is 0.497 e. The van der Waals surface area contributed by atoms with E-state index < -0.39 is 0 Å². The topological polar surface area (TPSA) is 78.3 Å². The summed E-state index contributed by atoms with van der Waals surface area (Å²) in [7, 11) is 3.25. The van der Waals surface area contributed by atoms with Crippen molar-refractivity contribution < 1.29 is 14.3 Å². The monoisotopic (exact) mass is 444 g/mol. The number of ether oxygens (including phenoxy) is 2. The van der Waals surface area contributed by atoms with Gasteiger partial charge in [0.1, 0.15) is 11.5 Å². The fourth-order valence-electron chi connectivity index (χ4n) is 3.92. The number of pyridine rings is 1. The Morgan fingerprint density at radius 3 is 2.45 bits per heavy atom. The van der Waals surface area contributed by atoms with Crippen molar-refractivity contribution >= 4 is 16.9 Å². The van der Waals surface area contributed by atoms with Crippen molar-refractivity contribution in [3.63, 3.8) is 0 Å². The molecule has 0 unspecified atom stereocenters. The van der Waals surface area contributed by atoms with Gasteiger partial charge in [-0.1, -0.05) is 23.8 Å². The first kappa shape index (κ1) is 22.3. The molecule has 2 heterocycles. The van der Waals surface area contributed by atoms with Crippen LogP contribution in [0, 0.1) is 20.8 Å². The predicted molar refractivity (Wildman–Crippen MR) is 129 cm³/mol. The number of carbonyl (C=O) groups is 1. The summed E-state index contributed by atoms with van der Waals surface area (Å²) in [4.78, 5) is 17.9. The van der Waals surface area contributed by atoms with E-state index in [1.165, 1.54) is 5.56 Å². The van der Waals surface area contributed by atoms with Gasteiger partial charge in [0.05, 0.1) is 36.6 Å². The molecule has 0 saturated carbocycles. The Labute approximate surface area is 193 Å². The molecule has 0 fully saturated rings. The number of methoxy groups -OCH3 is 2. The van der Waals surface area contributed by atoms with E-state index in [0.717, 1.165) is 39.5 Å². The summed E-state index contributed by atoms with van der Waals surface area (Å²) < 4.78 is 12.5. The smallest absolute Gasteiger partial charge is 0.252 e. The van der Waals surface area contributed by atoms with E-state index in [0.29, 0.717) is 24.2 Å². The fraction of sp³-hybridized carbons (Fsp3) is 0.269. The van der Waals surface area contributed by atoms with Gasteiger partial charge in [0.2, 0.25) is 0 Å². The fourth-order valence-corrected chi connectivity index (χ4v) is 3.92. The van der Waals surface area contributed by atoms with E-state index in [9.17, 15) is 4.79 Å². The Kier molecular flexibility index (Phi) is 6.31. The van der Waals surface area contributed by atoms with Crippen LogP contribution >= 0.6 is 0 Å². The molecule has 1 N–H and O–H groups in total. The maximum Gasteiger partial charge on any atom is 0.252 e. The predicted octanol–water partition coefficient (Wildman–Crippen LogP) is 4.34. The van der Waals surface area contributed by atoms with Gasteiger partial charge >= 0.3 is 0 Å². The summed E-state index contributed by atoms with van der Waals surface area (Å²) in [6.07, 6.45) is 0.633. The Hall–Kier alpha value is -3.87. The summed E-state index contributed by atoms with van der Waals surface area (Å²) in [5, 5.41) is 8.49. The molecular formula is C26H28N4O3. The standard InChI is InChI=1S/C26H28N4O3/c1-16-6-9-20(10-7-16)30-25-24(18(3)29-30)22(14-17(2)28-25)26(31)27-13-12-19-8-11-21(32-4)15-23(19)33-5/h6-11,14-15H,12-13H2,1-5H3,(H,27,31). The normalized spacial score (nSPS) is 10.9. The molecule has 0 bridgehead atoms. The van der Waals surface area contributed by atoms with E-state index in [1.54, 1.807) is 18.9 Å². The highest BCUT2D eigenvalue weighted by atomic mass is 16.5. The SMILES string of the molecule is COc1ccc(CCNC(=O)c2cc(C)nc3c2c(C)nn3-c2ccc(C)cc2)c(OC)c1. The van der Waals surface area contributed by atoms with Crippen molar-refractivity contribution in [3.8, 4) is 17.2 Å². The number of hydrogen-bond acceptors (Lipinski definition) is 5. The lowest BCUT2D eigenvalue weighted by molar-refractivity contribution is 0.0955. The summed E-state index contributed by atoms with van der Waals surface area (Å²) >= 11 is 0. The van der Waals surface area contributed by atoms with Crippen molar-refractivity contribution in [2.75, 3.05) is 20.8 Å². The van der Waals surface area contributed by atoms with Crippen molar-refractivity contribution in [1.82, 2.24) is 20.1 Å². The van der Waals surface area contributed by atoms with Crippen LogP contribution in [0.4, 0.5) is 0 Å². The van der Waals surface area contributed by atoms with Crippen LogP contribution in [0.2, 0.25) is 0 Å². The molecule has 0 atom stereocenters. The first-order valence-corrected chi connectivity index (χ1v) is 10.8. The van der Waals surface area contributed by atoms with Gasteiger partial charge in [0, 0.05) is 18.3 Å². The maximum absolute atomic E-state index is 13.2. The first-order chi connectivity index (χ1) is 15.9. The van der Waals surface area contributed by atoms with Crippen molar-refractivity contribution in [2.24, 2.45) is 0 Å². The van der Waals surface area contributed by atoms with E-state index in [1.807, 2.05) is 69.3 Å². The minimum atomic E-state index is -0.149. The van der Waals surface area contributed by atoms with Crippen LogP contribution in [-0.4, -0.2) is 41.4 Å². The second-order valence-electron chi connectivity index (χ2n) is 8.03. The van der Waals surface area contributed by atoms with Gasteiger partial charge in [0.15, 0.2) is 5.65 Å². The average Bonchev–Trinajstić information content (AvgIpc) is 3.15. The number of hydrogen-bond donors (Lipinski definition) is 1. The van der Waals surface area contributed by atoms with Crippen molar-refractivity contribution in [3.05, 3.63) is 76.6 Å². The molecular weight excluding hydrogens is 416 g/mol. The first-order valence-electron chi connectivity index (χ1n) is 10.8. The lowest BCUT2D eigenvalue weighted by Crippen LogP contribution is -2.26. The molecule has 0 saturated heterocycles. The molecule has 0 spiro atoms. The van der Waals surface area contributed by atoms with Crippen LogP contribution < -0.4 is 14.8 Å². The van der Waals surface area contributed by atoms with Crippen LogP contribution in [0.1, 0.15) is 32.9 Å². The average molecular weight is 445 g/mol. The van der Waals surface area contributed by atoms with E-state index in [-0.39, 0.29) is 5.91 Å². The van der Waals surface area contributed by atoms with Gasteiger partial charge in [-0.05, 0) is 57.0 Å². The molecule has 0 radical (unpaired) electrons. The van der Waals surface area contributed by atoms with Gasteiger partial charge < -0.3 is 14.8 Å². The highest BCUT2D eigenvalue weighted by molar-refractivity contribution is 6.06. The lowest BCUT2D eigenvalue weighted by Gasteiger charge is -2.12. The van der Waals surface area contributed by atoms with Crippen molar-refractivity contribution in [1.29, 1.82) is 0 Å². The second-order valence-corrected chi connectivity index (χ2v) is 8.03. The highest BCUT2D eigenvalue weighted by Gasteiger charge is 2.19. The number of carbonyl (C=O) groups excluding carboxylic acids is 1. The molecule has 7 nitrogen and oxygen atoms in total. The summed E-state index contributed by atoms with van der Waals surface area (Å²) in [5.41, 5.74) is 5.86. The molecule has 4 rings (SSSR count). The van der Waals surface area contributed by atoms with Gasteiger partial charge in [0.25, 0.3) is 5.91 Å². The van der Waals surface area contributed by atoms with Crippen molar-refractivity contribution in [2.45, 2.75) is 27.2 Å². The van der Waals surface area contributed by atoms with Gasteiger partial charge in [-0.15, -0.1) is 0 Å². The van der Waals surface area contributed by atoms with Crippen LogP contribution in [0.25, 0.3) is 16.7 Å². The zero-order valence-corrected chi connectivity index (χ0v) is 19.6. The Balaban J connectivity index is 1.59. The number of benzene rings is 2. The molecule has 0 aliphatic rings. The van der Waals surface area contributed by atoms with Gasteiger partial charge in [-0.2, -0.15) is 5.10 Å². The van der Waals surface area contributed by atoms with Gasteiger partial charge in [-0.3, -0.25) is 4.79 Å². The third kappa shape index (κ3) is 4.53. The number of nitrogens with one attached hydrogen (secondary N) is 1. The third-order valence-corrected chi connectivity index (χ3v) is 5.64. The summed E-state index contributed by atoms with van der Waals surface area (Å²) in [6, 6.07) is 15.6. The summed E-state index contributed by atoms with van der Waals surface area (Å²) in [5.74, 6) is 1.32. The minimum Gasteiger partial charge on any atom is -0.497 e. The van der Waals surface area contributed by atoms with E-state index in [4.69, 9.17) is 14.5 Å². The maximum atomic E-state index is 13.2. The van der Waals surface area contributed by atoms with Crippen LogP contribution in [0.3, 0.4) is 0 Å². The minimum absolute atomic E-state index is 0.149. The summed E-state index contributed by atoms with van der Waals surface area (Å²) in [6.45, 7) is 6.31. The number of nitrogens with zero attached hydrogens (tertiary/aromatic N) is 3. The molecule has 4 aromatic rings. The number of fused-ring (bicyclic) bond motifs is 1. The zero-order valence-electron chi connectivity index (χ0n) is 19.6. The quantitative estimate of drug-likeness (QED) is 0.459. The van der Waals surface area contributed by atoms with Gasteiger partial charge in [-0.25, -0.2) is 9.67 Å². The zero-order chi connectivity index (χ0) is 23.5. The molecule has 7 heteroatoms. The molecule has 0 aliphatic carbocycles. The molecule has 2 aromatic carbocycles. The molecule has 1 amide bonds. The number of aryl methyl sites for hydroxylation is 3. The Morgan fingerprint density at radius 1 is 1.00 bits per heavy atom. The van der Waals surface area contributed by atoms with E-state index in [2.05, 4.69) is 10.4 Å².